The Balaban J connectivity index is 0.00000387. The highest BCUT2D eigenvalue weighted by Crippen LogP contribution is 2.32. The minimum absolute atomic E-state index is 0. The van der Waals surface area contributed by atoms with Crippen LogP contribution < -0.4 is 16.0 Å². The number of ether oxygens (including phenoxy) is 1. The van der Waals surface area contributed by atoms with Gasteiger partial charge in [-0.3, -0.25) is 9.79 Å². The maximum absolute atomic E-state index is 12.8. The van der Waals surface area contributed by atoms with Gasteiger partial charge < -0.3 is 19.8 Å². The third-order valence-electron chi connectivity index (χ3n) is 6.81. The van der Waals surface area contributed by atoms with E-state index in [9.17, 15) is 9.59 Å². The van der Waals surface area contributed by atoms with Crippen molar-refractivity contribution in [1.82, 2.24) is 10.3 Å². The van der Waals surface area contributed by atoms with E-state index < -0.39 is 12.0 Å². The molecular formula is C32H33ClN4O4. The maximum atomic E-state index is 12.8. The van der Waals surface area contributed by atoms with Crippen molar-refractivity contribution < 1.29 is 18.7 Å². The largest absolute Gasteiger partial charge is 0.467 e. The van der Waals surface area contributed by atoms with E-state index in [1.54, 1.807) is 0 Å². The van der Waals surface area contributed by atoms with Gasteiger partial charge in [0.05, 0.1) is 12.5 Å². The molecule has 0 aromatic heterocycles. The second kappa shape index (κ2) is 13.3. The molecular weight excluding hydrogens is 540 g/mol. The van der Waals surface area contributed by atoms with Crippen LogP contribution in [-0.2, 0) is 20.7 Å². The van der Waals surface area contributed by atoms with E-state index in [-0.39, 0.29) is 31.3 Å². The van der Waals surface area contributed by atoms with Crippen LogP contribution in [0.2, 0.25) is 0 Å². The van der Waals surface area contributed by atoms with E-state index in [0.717, 1.165) is 45.3 Å². The summed E-state index contributed by atoms with van der Waals surface area (Å²) in [6.45, 7) is 5.15. The Labute approximate surface area is 244 Å². The molecule has 0 spiro atoms. The number of hydrogen-bond acceptors (Lipinski definition) is 7. The number of aryl methyl sites for hydroxylation is 1. The molecule has 0 fully saturated rings. The third kappa shape index (κ3) is 6.66. The van der Waals surface area contributed by atoms with Crippen LogP contribution in [0.15, 0.2) is 82.2 Å². The normalized spacial score (nSPS) is 12.2. The molecule has 212 valence electrons. The second-order valence-electron chi connectivity index (χ2n) is 9.63. The monoisotopic (exact) mass is 572 g/mol. The van der Waals surface area contributed by atoms with Crippen molar-refractivity contribution in [3.8, 4) is 11.5 Å². The average Bonchev–Trinajstić information content (AvgIpc) is 2.97. The molecule has 0 radical (unpaired) electrons. The molecule has 0 saturated carbocycles. The Morgan fingerprint density at radius 1 is 1.02 bits per heavy atom. The van der Waals surface area contributed by atoms with Gasteiger partial charge in [-0.05, 0) is 31.0 Å². The molecule has 5 rings (SSSR count). The van der Waals surface area contributed by atoms with Crippen molar-refractivity contribution >= 4 is 51.8 Å². The zero-order chi connectivity index (χ0) is 28.1. The van der Waals surface area contributed by atoms with Crippen molar-refractivity contribution in [2.75, 3.05) is 25.5 Å². The summed E-state index contributed by atoms with van der Waals surface area (Å²) in [5, 5.41) is 8.73. The molecule has 1 unspecified atom stereocenters. The number of hydrogen-bond donors (Lipinski definition) is 2. The predicted octanol–water partition coefficient (Wildman–Crippen LogP) is 5.44. The summed E-state index contributed by atoms with van der Waals surface area (Å²) in [5.74, 6) is -0.137. The van der Waals surface area contributed by atoms with Crippen LogP contribution >= 0.6 is 12.4 Å². The fourth-order valence-electron chi connectivity index (χ4n) is 4.83. The number of fused-ring (bicyclic) bond motifs is 4. The van der Waals surface area contributed by atoms with Crippen LogP contribution in [0.4, 0.5) is 5.69 Å². The number of carbonyl (C=O) groups is 2. The Hall–Kier alpha value is -4.43. The first-order valence-corrected chi connectivity index (χ1v) is 13.4. The number of halogens is 1. The highest BCUT2D eigenvalue weighted by molar-refractivity contribution is 5.96. The number of aromatic nitrogens is 1. The molecule has 1 aliphatic heterocycles. The number of esters is 1. The van der Waals surface area contributed by atoms with Crippen molar-refractivity contribution in [2.24, 2.45) is 4.99 Å². The topological polar surface area (TPSA) is 106 Å². The van der Waals surface area contributed by atoms with Gasteiger partial charge in [0.25, 0.3) is 0 Å². The molecule has 2 aliphatic rings. The summed E-state index contributed by atoms with van der Waals surface area (Å²) in [6.07, 6.45) is 0.469. The fraction of sp³-hybridized carbons (Fsp3) is 0.250. The third-order valence-corrected chi connectivity index (χ3v) is 6.81. The van der Waals surface area contributed by atoms with Crippen molar-refractivity contribution in [1.29, 1.82) is 0 Å². The summed E-state index contributed by atoms with van der Waals surface area (Å²) in [6, 6.07) is 22.5. The lowest BCUT2D eigenvalue weighted by atomic mass is 10.0. The average molecular weight is 573 g/mol. The first-order chi connectivity index (χ1) is 19.5. The molecule has 1 atom stereocenters. The van der Waals surface area contributed by atoms with E-state index in [1.165, 1.54) is 7.11 Å². The Bertz CT molecular complexity index is 1720. The minimum Gasteiger partial charge on any atom is -0.467 e. The maximum Gasteiger partial charge on any atom is 0.328 e. The first kappa shape index (κ1) is 29.6. The molecule has 2 N–H and O–H groups in total. The summed E-state index contributed by atoms with van der Waals surface area (Å²) in [4.78, 5) is 34.8. The van der Waals surface area contributed by atoms with E-state index in [2.05, 4.69) is 24.5 Å². The van der Waals surface area contributed by atoms with Crippen LogP contribution in [0.1, 0.15) is 24.5 Å². The molecule has 1 heterocycles. The van der Waals surface area contributed by atoms with E-state index >= 15 is 0 Å². The SMILES string of the molecule is CCNc1cc2oc3cc(=NCCC(=O)NC(Cc4ccccc4)C(=O)OC)c4ccccc4c-3nc2cc1C.Cl. The van der Waals surface area contributed by atoms with Crippen LogP contribution in [0.3, 0.4) is 0 Å². The van der Waals surface area contributed by atoms with Gasteiger partial charge in [0.15, 0.2) is 11.3 Å². The standard InChI is InChI=1S/C32H32N4O4.ClH/c1-4-33-24-18-28-26(16-20(24)2)36-31-23-13-9-8-12-22(23)25(19-29(31)40-28)34-15-14-30(37)35-27(32(38)39-3)17-21-10-6-5-7-11-21;/h5-13,16,18-19,27,33H,4,14-15,17H2,1-3H3,(H,35,37);1H. The van der Waals surface area contributed by atoms with Gasteiger partial charge in [0.1, 0.15) is 17.3 Å². The second-order valence-corrected chi connectivity index (χ2v) is 9.63. The van der Waals surface area contributed by atoms with Crippen molar-refractivity contribution in [3.63, 3.8) is 0 Å². The van der Waals surface area contributed by atoms with Crippen LogP contribution in [-0.4, -0.2) is 43.1 Å². The molecule has 3 aromatic carbocycles. The molecule has 1 amide bonds. The number of nitrogens with one attached hydrogen (secondary N) is 2. The number of nitrogens with zero attached hydrogens (tertiary/aromatic N) is 2. The first-order valence-electron chi connectivity index (χ1n) is 13.4. The lowest BCUT2D eigenvalue weighted by Crippen LogP contribution is -2.43. The van der Waals surface area contributed by atoms with Crippen molar-refractivity contribution in [3.05, 3.63) is 89.3 Å². The zero-order valence-corrected chi connectivity index (χ0v) is 24.1. The number of amides is 1. The Kier molecular flexibility index (Phi) is 9.57. The highest BCUT2D eigenvalue weighted by Gasteiger charge is 2.22. The predicted molar refractivity (Wildman–Crippen MR) is 163 cm³/mol. The molecule has 8 nitrogen and oxygen atoms in total. The zero-order valence-electron chi connectivity index (χ0n) is 23.3. The fourth-order valence-corrected chi connectivity index (χ4v) is 4.83. The smallest absolute Gasteiger partial charge is 0.328 e. The highest BCUT2D eigenvalue weighted by atomic mass is 35.5. The summed E-state index contributed by atoms with van der Waals surface area (Å²) < 4.78 is 11.2. The lowest BCUT2D eigenvalue weighted by molar-refractivity contribution is -0.145. The van der Waals surface area contributed by atoms with Gasteiger partial charge in [0, 0.05) is 54.5 Å². The van der Waals surface area contributed by atoms with Gasteiger partial charge in [-0.2, -0.15) is 0 Å². The van der Waals surface area contributed by atoms with E-state index in [4.69, 9.17) is 19.1 Å². The number of rotatable bonds is 9. The number of carbonyl (C=O) groups excluding carboxylic acids is 2. The van der Waals surface area contributed by atoms with Crippen LogP contribution in [0.5, 0.6) is 0 Å². The molecule has 1 aliphatic carbocycles. The summed E-state index contributed by atoms with van der Waals surface area (Å²) >= 11 is 0. The Morgan fingerprint density at radius 3 is 2.49 bits per heavy atom. The van der Waals surface area contributed by atoms with Gasteiger partial charge in [-0.1, -0.05) is 54.6 Å². The molecule has 3 aromatic rings. The molecule has 9 heteroatoms. The number of anilines is 1. The van der Waals surface area contributed by atoms with E-state index in [1.807, 2.05) is 72.8 Å². The summed E-state index contributed by atoms with van der Waals surface area (Å²) in [7, 11) is 1.32. The quantitative estimate of drug-likeness (QED) is 0.138. The van der Waals surface area contributed by atoms with Crippen LogP contribution in [0.25, 0.3) is 33.3 Å². The molecule has 0 bridgehead atoms. The lowest BCUT2D eigenvalue weighted by Gasteiger charge is -2.16. The van der Waals surface area contributed by atoms with Gasteiger partial charge >= 0.3 is 5.97 Å². The van der Waals surface area contributed by atoms with Gasteiger partial charge in [-0.15, -0.1) is 12.4 Å². The number of benzene rings is 4. The van der Waals surface area contributed by atoms with Crippen LogP contribution in [0, 0.1) is 6.92 Å². The molecule has 41 heavy (non-hydrogen) atoms. The Morgan fingerprint density at radius 2 is 1.76 bits per heavy atom. The van der Waals surface area contributed by atoms with Gasteiger partial charge in [-0.25, -0.2) is 9.78 Å². The minimum atomic E-state index is -0.768. The summed E-state index contributed by atoms with van der Waals surface area (Å²) in [5.41, 5.74) is 5.27. The molecule has 0 saturated heterocycles. The van der Waals surface area contributed by atoms with Gasteiger partial charge in [0.2, 0.25) is 5.91 Å². The van der Waals surface area contributed by atoms with E-state index in [0.29, 0.717) is 23.1 Å². The van der Waals surface area contributed by atoms with Crippen molar-refractivity contribution in [2.45, 2.75) is 32.7 Å². The number of methoxy groups -OCH3 is 1.